The molecule has 0 unspecified atom stereocenters. The summed E-state index contributed by atoms with van der Waals surface area (Å²) in [5.41, 5.74) is 1.90. The second-order valence-corrected chi connectivity index (χ2v) is 4.15. The molecule has 1 amide bonds. The Hall–Kier alpha value is -1.51. The first kappa shape index (κ1) is 11.0. The summed E-state index contributed by atoms with van der Waals surface area (Å²) >= 11 is 0. The molecule has 1 aromatic rings. The Kier molecular flexibility index (Phi) is 3.44. The number of rotatable bonds is 4. The van der Waals surface area contributed by atoms with Gasteiger partial charge in [-0.3, -0.25) is 5.32 Å². The number of hydrogen-bond acceptors (Lipinski definition) is 2. The van der Waals surface area contributed by atoms with E-state index in [1.54, 1.807) is 6.07 Å². The van der Waals surface area contributed by atoms with Gasteiger partial charge >= 0.3 is 6.09 Å². The Morgan fingerprint density at radius 1 is 1.56 bits per heavy atom. The van der Waals surface area contributed by atoms with Crippen LogP contribution in [0, 0.1) is 12.0 Å². The lowest BCUT2D eigenvalue weighted by atomic mass is 10.1. The minimum atomic E-state index is -0.367. The molecule has 1 N–H and O–H groups in total. The molecule has 1 fully saturated rings. The van der Waals surface area contributed by atoms with Crippen LogP contribution in [0.3, 0.4) is 0 Å². The summed E-state index contributed by atoms with van der Waals surface area (Å²) in [6.45, 7) is 2.61. The summed E-state index contributed by atoms with van der Waals surface area (Å²) in [5.74, 6) is 0.597. The van der Waals surface area contributed by atoms with Gasteiger partial charge in [0.1, 0.15) is 0 Å². The van der Waals surface area contributed by atoms with E-state index in [-0.39, 0.29) is 6.09 Å². The van der Waals surface area contributed by atoms with E-state index in [4.69, 9.17) is 4.74 Å². The molecule has 16 heavy (non-hydrogen) atoms. The molecule has 1 saturated carbocycles. The van der Waals surface area contributed by atoms with Gasteiger partial charge in [-0.05, 0) is 48.9 Å². The highest BCUT2D eigenvalue weighted by Gasteiger charge is 2.22. The predicted molar refractivity (Wildman–Crippen MR) is 62.4 cm³/mol. The average Bonchev–Trinajstić information content (AvgIpc) is 3.10. The molecule has 0 aromatic heterocycles. The van der Waals surface area contributed by atoms with Gasteiger partial charge in [-0.15, -0.1) is 0 Å². The molecule has 0 spiro atoms. The van der Waals surface area contributed by atoms with Crippen molar-refractivity contribution in [3.63, 3.8) is 0 Å². The first-order chi connectivity index (χ1) is 7.78. The molecule has 0 saturated heterocycles. The molecule has 3 heteroatoms. The molecule has 0 atom stereocenters. The topological polar surface area (TPSA) is 38.3 Å². The zero-order valence-electron chi connectivity index (χ0n) is 9.45. The number of hydrogen-bond donors (Lipinski definition) is 1. The van der Waals surface area contributed by atoms with Gasteiger partial charge in [0.05, 0.1) is 6.61 Å². The van der Waals surface area contributed by atoms with Crippen molar-refractivity contribution in [2.45, 2.75) is 26.2 Å². The van der Waals surface area contributed by atoms with Crippen LogP contribution in [0.1, 0.15) is 25.3 Å². The highest BCUT2D eigenvalue weighted by atomic mass is 16.5. The van der Waals surface area contributed by atoms with Gasteiger partial charge in [0, 0.05) is 5.69 Å². The lowest BCUT2D eigenvalue weighted by Gasteiger charge is -2.07. The van der Waals surface area contributed by atoms with Gasteiger partial charge in [0.2, 0.25) is 0 Å². The van der Waals surface area contributed by atoms with E-state index in [2.05, 4.69) is 18.3 Å². The van der Waals surface area contributed by atoms with Crippen LogP contribution in [0.25, 0.3) is 0 Å². The standard InChI is InChI=1S/C13H16NO2/c1-2-10-4-3-5-12(8-10)14-13(15)16-9-11-6-7-11/h4-5,8,11H,2,6-7,9H2,1H3,(H,14,15). The second kappa shape index (κ2) is 5.01. The molecule has 1 aromatic carbocycles. The van der Waals surface area contributed by atoms with Crippen LogP contribution >= 0.6 is 0 Å². The van der Waals surface area contributed by atoms with E-state index in [1.165, 1.54) is 12.8 Å². The quantitative estimate of drug-likeness (QED) is 0.843. The first-order valence-corrected chi connectivity index (χ1v) is 5.71. The molecular formula is C13H16NO2. The average molecular weight is 218 g/mol. The van der Waals surface area contributed by atoms with Gasteiger partial charge in [-0.25, -0.2) is 4.79 Å². The third kappa shape index (κ3) is 3.26. The molecule has 0 bridgehead atoms. The van der Waals surface area contributed by atoms with Crippen molar-refractivity contribution in [2.75, 3.05) is 11.9 Å². The van der Waals surface area contributed by atoms with Gasteiger partial charge in [-0.2, -0.15) is 0 Å². The van der Waals surface area contributed by atoms with Crippen molar-refractivity contribution in [3.05, 3.63) is 29.8 Å². The maximum absolute atomic E-state index is 11.4. The fourth-order valence-electron chi connectivity index (χ4n) is 1.43. The van der Waals surface area contributed by atoms with E-state index in [0.717, 1.165) is 17.7 Å². The lowest BCUT2D eigenvalue weighted by Crippen LogP contribution is -2.15. The van der Waals surface area contributed by atoms with Crippen molar-refractivity contribution >= 4 is 11.8 Å². The first-order valence-electron chi connectivity index (χ1n) is 5.71. The zero-order chi connectivity index (χ0) is 11.4. The zero-order valence-corrected chi connectivity index (χ0v) is 9.45. The summed E-state index contributed by atoms with van der Waals surface area (Å²) in [6, 6.07) is 8.60. The van der Waals surface area contributed by atoms with Crippen molar-refractivity contribution in [1.82, 2.24) is 0 Å². The Bertz CT molecular complexity index is 372. The van der Waals surface area contributed by atoms with Crippen LogP contribution in [0.2, 0.25) is 0 Å². The minimum absolute atomic E-state index is 0.367. The monoisotopic (exact) mass is 218 g/mol. The van der Waals surface area contributed by atoms with Crippen LogP contribution < -0.4 is 5.32 Å². The predicted octanol–water partition coefficient (Wildman–Crippen LogP) is 3.01. The van der Waals surface area contributed by atoms with Crippen molar-refractivity contribution < 1.29 is 9.53 Å². The SMILES string of the molecule is CCc1c[c]cc(NC(=O)OCC2CC2)c1. The Morgan fingerprint density at radius 3 is 3.06 bits per heavy atom. The number of carbonyl (C=O) groups is 1. The number of carbonyl (C=O) groups excluding carboxylic acids is 1. The van der Waals surface area contributed by atoms with Crippen molar-refractivity contribution in [3.8, 4) is 0 Å². The summed E-state index contributed by atoms with van der Waals surface area (Å²) in [6.07, 6.45) is 2.94. The molecule has 2 rings (SSSR count). The lowest BCUT2D eigenvalue weighted by molar-refractivity contribution is 0.156. The van der Waals surface area contributed by atoms with Crippen LogP contribution in [-0.2, 0) is 11.2 Å². The van der Waals surface area contributed by atoms with E-state index in [1.807, 2.05) is 12.1 Å². The number of nitrogens with one attached hydrogen (secondary N) is 1. The van der Waals surface area contributed by atoms with Crippen LogP contribution in [0.15, 0.2) is 18.2 Å². The normalized spacial score (nSPS) is 14.6. The third-order valence-corrected chi connectivity index (χ3v) is 2.65. The number of benzene rings is 1. The summed E-state index contributed by atoms with van der Waals surface area (Å²) in [4.78, 5) is 11.4. The summed E-state index contributed by atoms with van der Waals surface area (Å²) in [7, 11) is 0. The van der Waals surface area contributed by atoms with Gasteiger partial charge in [0.15, 0.2) is 0 Å². The van der Waals surface area contributed by atoms with Gasteiger partial charge in [0.25, 0.3) is 0 Å². The highest BCUT2D eigenvalue weighted by molar-refractivity contribution is 5.84. The maximum atomic E-state index is 11.4. The number of anilines is 1. The van der Waals surface area contributed by atoms with Gasteiger partial charge in [-0.1, -0.05) is 13.0 Å². The van der Waals surface area contributed by atoms with Crippen LogP contribution in [0.4, 0.5) is 10.5 Å². The number of ether oxygens (including phenoxy) is 1. The Balaban J connectivity index is 1.83. The van der Waals surface area contributed by atoms with E-state index >= 15 is 0 Å². The molecular weight excluding hydrogens is 202 g/mol. The number of amides is 1. The molecule has 0 heterocycles. The molecule has 3 nitrogen and oxygen atoms in total. The van der Waals surface area contributed by atoms with E-state index < -0.39 is 0 Å². The maximum Gasteiger partial charge on any atom is 0.411 e. The smallest absolute Gasteiger partial charge is 0.411 e. The van der Waals surface area contributed by atoms with E-state index in [0.29, 0.717) is 12.5 Å². The van der Waals surface area contributed by atoms with Crippen molar-refractivity contribution in [1.29, 1.82) is 0 Å². The van der Waals surface area contributed by atoms with E-state index in [9.17, 15) is 4.79 Å². The molecule has 1 aliphatic rings. The van der Waals surface area contributed by atoms with Crippen LogP contribution in [-0.4, -0.2) is 12.7 Å². The fraction of sp³-hybridized carbons (Fsp3) is 0.462. The number of aryl methyl sites for hydroxylation is 1. The Morgan fingerprint density at radius 2 is 2.38 bits per heavy atom. The molecule has 1 radical (unpaired) electrons. The molecule has 85 valence electrons. The summed E-state index contributed by atoms with van der Waals surface area (Å²) < 4.78 is 5.08. The minimum Gasteiger partial charge on any atom is -0.449 e. The summed E-state index contributed by atoms with van der Waals surface area (Å²) in [5, 5.41) is 2.71. The van der Waals surface area contributed by atoms with Crippen LogP contribution in [0.5, 0.6) is 0 Å². The van der Waals surface area contributed by atoms with Crippen molar-refractivity contribution in [2.24, 2.45) is 5.92 Å². The third-order valence-electron chi connectivity index (χ3n) is 2.65. The largest absolute Gasteiger partial charge is 0.449 e. The van der Waals surface area contributed by atoms with Gasteiger partial charge < -0.3 is 4.74 Å². The molecule has 0 aliphatic heterocycles. The highest BCUT2D eigenvalue weighted by Crippen LogP contribution is 2.28. The molecule has 1 aliphatic carbocycles. The Labute approximate surface area is 95.8 Å². The second-order valence-electron chi connectivity index (χ2n) is 4.15. The fourth-order valence-corrected chi connectivity index (χ4v) is 1.43.